The number of aromatic nitrogens is 1. The average Bonchev–Trinajstić information content (AvgIpc) is 2.40. The molecule has 0 aliphatic heterocycles. The van der Waals surface area contributed by atoms with Gasteiger partial charge in [-0.15, -0.1) is 0 Å². The summed E-state index contributed by atoms with van der Waals surface area (Å²) < 4.78 is 0. The van der Waals surface area contributed by atoms with E-state index in [2.05, 4.69) is 4.98 Å². The van der Waals surface area contributed by atoms with Gasteiger partial charge in [0.1, 0.15) is 0 Å². The van der Waals surface area contributed by atoms with Gasteiger partial charge in [-0.05, 0) is 24.3 Å². The number of nitrogens with two attached hydrogens (primary N) is 1. The number of rotatable bonds is 1. The molecular weight excluding hydrogens is 279 g/mol. The van der Waals surface area contributed by atoms with Crippen LogP contribution in [0.5, 0.6) is 0 Å². The number of halogens is 2. The molecule has 0 aliphatic carbocycles. The molecule has 3 rings (SSSR count). The molecule has 1 heterocycles. The molecule has 0 unspecified atom stereocenters. The predicted octanol–water partition coefficient (Wildman–Crippen LogP) is 4.79. The Bertz CT molecular complexity index is 764. The summed E-state index contributed by atoms with van der Waals surface area (Å²) in [5, 5.41) is 2.20. The Kier molecular flexibility index (Phi) is 3.05. The lowest BCUT2D eigenvalue weighted by Gasteiger charge is -2.11. The summed E-state index contributed by atoms with van der Waals surface area (Å²) in [5.74, 6) is 0. The van der Waals surface area contributed by atoms with Gasteiger partial charge in [0, 0.05) is 26.6 Å². The van der Waals surface area contributed by atoms with E-state index < -0.39 is 0 Å². The van der Waals surface area contributed by atoms with Crippen LogP contribution < -0.4 is 5.73 Å². The molecule has 94 valence electrons. The third-order valence-electron chi connectivity index (χ3n) is 3.00. The smallest absolute Gasteiger partial charge is 0.0710 e. The predicted molar refractivity (Wildman–Crippen MR) is 81.6 cm³/mol. The molecule has 1 aromatic heterocycles. The minimum Gasteiger partial charge on any atom is -0.397 e. The summed E-state index contributed by atoms with van der Waals surface area (Å²) in [6, 6.07) is 13.1. The number of nitrogen functional groups attached to an aromatic ring is 1. The Balaban J connectivity index is 2.43. The largest absolute Gasteiger partial charge is 0.397 e. The van der Waals surface area contributed by atoms with Gasteiger partial charge < -0.3 is 5.73 Å². The number of nitrogens with zero attached hydrogens (tertiary/aromatic N) is 1. The third-order valence-corrected chi connectivity index (χ3v) is 3.57. The van der Waals surface area contributed by atoms with Crippen LogP contribution in [-0.2, 0) is 0 Å². The molecule has 0 saturated carbocycles. The zero-order valence-electron chi connectivity index (χ0n) is 9.90. The maximum atomic E-state index is 6.26. The van der Waals surface area contributed by atoms with Gasteiger partial charge in [0.2, 0.25) is 0 Å². The van der Waals surface area contributed by atoms with Crippen LogP contribution in [0.15, 0.2) is 48.7 Å². The van der Waals surface area contributed by atoms with Crippen LogP contribution in [0, 0.1) is 0 Å². The summed E-state index contributed by atoms with van der Waals surface area (Å²) in [4.78, 5) is 4.31. The normalized spacial score (nSPS) is 10.8. The summed E-state index contributed by atoms with van der Waals surface area (Å²) >= 11 is 12.3. The van der Waals surface area contributed by atoms with Crippen LogP contribution >= 0.6 is 23.2 Å². The molecule has 0 atom stereocenters. The highest BCUT2D eigenvalue weighted by Gasteiger charge is 2.12. The van der Waals surface area contributed by atoms with Crippen molar-refractivity contribution in [1.29, 1.82) is 0 Å². The molecule has 0 aliphatic rings. The lowest BCUT2D eigenvalue weighted by Crippen LogP contribution is -1.94. The fraction of sp³-hybridized carbons (Fsp3) is 0. The number of anilines is 1. The molecule has 2 N–H and O–H groups in total. The van der Waals surface area contributed by atoms with Crippen LogP contribution in [0.4, 0.5) is 5.69 Å². The van der Waals surface area contributed by atoms with E-state index in [9.17, 15) is 0 Å². The highest BCUT2D eigenvalue weighted by Crippen LogP contribution is 2.37. The third kappa shape index (κ3) is 2.14. The van der Waals surface area contributed by atoms with E-state index in [1.165, 1.54) is 0 Å². The first-order valence-corrected chi connectivity index (χ1v) is 6.51. The maximum Gasteiger partial charge on any atom is 0.0710 e. The van der Waals surface area contributed by atoms with Crippen molar-refractivity contribution in [2.45, 2.75) is 0 Å². The standard InChI is InChI=1S/C15H10Cl2N2/c16-9-5-6-14-11(7-9)15(13(18)8-19-14)10-3-1-2-4-12(10)17/h1-8H,18H2. The molecule has 0 bridgehead atoms. The van der Waals surface area contributed by atoms with Crippen LogP contribution in [0.25, 0.3) is 22.0 Å². The van der Waals surface area contributed by atoms with Gasteiger partial charge in [-0.1, -0.05) is 41.4 Å². The van der Waals surface area contributed by atoms with Crippen molar-refractivity contribution >= 4 is 39.8 Å². The Labute approximate surface area is 120 Å². The van der Waals surface area contributed by atoms with Gasteiger partial charge in [0.15, 0.2) is 0 Å². The number of benzene rings is 2. The highest BCUT2D eigenvalue weighted by atomic mass is 35.5. The van der Waals surface area contributed by atoms with E-state index in [4.69, 9.17) is 28.9 Å². The average molecular weight is 289 g/mol. The molecule has 2 nitrogen and oxygen atoms in total. The van der Waals surface area contributed by atoms with Gasteiger partial charge in [-0.3, -0.25) is 4.98 Å². The van der Waals surface area contributed by atoms with Gasteiger partial charge in [0.05, 0.1) is 17.4 Å². The lowest BCUT2D eigenvalue weighted by molar-refractivity contribution is 1.41. The Hall–Kier alpha value is -1.77. The molecular formula is C15H10Cl2N2. The maximum absolute atomic E-state index is 6.26. The molecule has 0 radical (unpaired) electrons. The van der Waals surface area contributed by atoms with Crippen molar-refractivity contribution in [3.05, 3.63) is 58.7 Å². The minimum atomic E-state index is 0.586. The summed E-state index contributed by atoms with van der Waals surface area (Å²) in [6.45, 7) is 0. The lowest BCUT2D eigenvalue weighted by atomic mass is 10.00. The Morgan fingerprint density at radius 1 is 1.00 bits per heavy atom. The number of fused-ring (bicyclic) bond motifs is 1. The van der Waals surface area contributed by atoms with Gasteiger partial charge in [-0.25, -0.2) is 0 Å². The topological polar surface area (TPSA) is 38.9 Å². The summed E-state index contributed by atoms with van der Waals surface area (Å²) in [6.07, 6.45) is 1.65. The Morgan fingerprint density at radius 3 is 2.58 bits per heavy atom. The second-order valence-electron chi connectivity index (χ2n) is 4.23. The van der Waals surface area contributed by atoms with E-state index in [0.29, 0.717) is 15.7 Å². The molecule has 2 aromatic carbocycles. The minimum absolute atomic E-state index is 0.586. The monoisotopic (exact) mass is 288 g/mol. The van der Waals surface area contributed by atoms with Gasteiger partial charge in [-0.2, -0.15) is 0 Å². The van der Waals surface area contributed by atoms with Crippen molar-refractivity contribution in [3.8, 4) is 11.1 Å². The second-order valence-corrected chi connectivity index (χ2v) is 5.07. The van der Waals surface area contributed by atoms with E-state index in [-0.39, 0.29) is 0 Å². The first-order chi connectivity index (χ1) is 9.16. The zero-order valence-corrected chi connectivity index (χ0v) is 11.4. The SMILES string of the molecule is Nc1cnc2ccc(Cl)cc2c1-c1ccccc1Cl. The van der Waals surface area contributed by atoms with Crippen LogP contribution in [0.1, 0.15) is 0 Å². The first-order valence-electron chi connectivity index (χ1n) is 5.75. The van der Waals surface area contributed by atoms with Crippen molar-refractivity contribution < 1.29 is 0 Å². The van der Waals surface area contributed by atoms with Crippen LogP contribution in [0.2, 0.25) is 10.0 Å². The van der Waals surface area contributed by atoms with Crippen molar-refractivity contribution in [2.24, 2.45) is 0 Å². The number of pyridine rings is 1. The summed E-state index contributed by atoms with van der Waals surface area (Å²) in [5.41, 5.74) is 9.26. The molecule has 0 fully saturated rings. The number of hydrogen-bond donors (Lipinski definition) is 1. The second kappa shape index (κ2) is 4.72. The fourth-order valence-corrected chi connectivity index (χ4v) is 2.55. The molecule has 19 heavy (non-hydrogen) atoms. The molecule has 0 spiro atoms. The fourth-order valence-electron chi connectivity index (χ4n) is 2.14. The van der Waals surface area contributed by atoms with Crippen molar-refractivity contribution in [1.82, 2.24) is 4.98 Å². The quantitative estimate of drug-likeness (QED) is 0.699. The van der Waals surface area contributed by atoms with Crippen LogP contribution in [0.3, 0.4) is 0 Å². The molecule has 4 heteroatoms. The molecule has 0 amide bonds. The van der Waals surface area contributed by atoms with E-state index >= 15 is 0 Å². The highest BCUT2D eigenvalue weighted by molar-refractivity contribution is 6.34. The molecule has 0 saturated heterocycles. The van der Waals surface area contributed by atoms with Crippen LogP contribution in [-0.4, -0.2) is 4.98 Å². The zero-order chi connectivity index (χ0) is 13.4. The van der Waals surface area contributed by atoms with E-state index in [1.54, 1.807) is 6.20 Å². The van der Waals surface area contributed by atoms with Crippen molar-refractivity contribution in [2.75, 3.05) is 5.73 Å². The Morgan fingerprint density at radius 2 is 1.79 bits per heavy atom. The number of hydrogen-bond acceptors (Lipinski definition) is 2. The molecule has 3 aromatic rings. The van der Waals surface area contributed by atoms with E-state index in [0.717, 1.165) is 22.0 Å². The van der Waals surface area contributed by atoms with Gasteiger partial charge in [0.25, 0.3) is 0 Å². The van der Waals surface area contributed by atoms with Gasteiger partial charge >= 0.3 is 0 Å². The van der Waals surface area contributed by atoms with E-state index in [1.807, 2.05) is 42.5 Å². The first kappa shape index (κ1) is 12.3. The summed E-state index contributed by atoms with van der Waals surface area (Å²) in [7, 11) is 0. The van der Waals surface area contributed by atoms with Crippen molar-refractivity contribution in [3.63, 3.8) is 0 Å².